The first kappa shape index (κ1) is 15.5. The Morgan fingerprint density at radius 2 is 0.852 bits per heavy atom. The first-order valence-corrected chi connectivity index (χ1v) is 9.76. The summed E-state index contributed by atoms with van der Waals surface area (Å²) in [6.07, 6.45) is 0. The fraction of sp³-hybridized carbons (Fsp3) is 0.0400. The summed E-state index contributed by atoms with van der Waals surface area (Å²) < 4.78 is 0. The van der Waals surface area contributed by atoms with E-state index in [9.17, 15) is 0 Å². The van der Waals surface area contributed by atoms with Crippen LogP contribution in [-0.4, -0.2) is 0 Å². The zero-order valence-corrected chi connectivity index (χ0v) is 15.9. The largest absolute Gasteiger partial charge is 0.0843 e. The fourth-order valence-corrected chi connectivity index (χ4v) is 5.43. The molecule has 1 spiro atoms. The van der Waals surface area contributed by atoms with Crippen LogP contribution in [0.2, 0.25) is 10.0 Å². The van der Waals surface area contributed by atoms with Crippen molar-refractivity contribution in [1.82, 2.24) is 0 Å². The Bertz CT molecular complexity index is 1150. The maximum absolute atomic E-state index is 6.49. The van der Waals surface area contributed by atoms with Crippen LogP contribution in [0, 0.1) is 0 Å². The molecule has 0 saturated carbocycles. The Labute approximate surface area is 168 Å². The molecule has 2 heteroatoms. The topological polar surface area (TPSA) is 0 Å². The van der Waals surface area contributed by atoms with Gasteiger partial charge in [-0.2, -0.15) is 0 Å². The smallest absolute Gasteiger partial charge is 0.0726 e. The third kappa shape index (κ3) is 1.80. The van der Waals surface area contributed by atoms with Crippen molar-refractivity contribution in [3.63, 3.8) is 0 Å². The van der Waals surface area contributed by atoms with E-state index in [1.807, 2.05) is 12.1 Å². The second-order valence-corrected chi connectivity index (χ2v) is 8.09. The molecule has 2 aliphatic rings. The Kier molecular flexibility index (Phi) is 3.02. The molecule has 0 aliphatic heterocycles. The lowest BCUT2D eigenvalue weighted by Gasteiger charge is -2.30. The number of rotatable bonds is 0. The van der Waals surface area contributed by atoms with Crippen molar-refractivity contribution < 1.29 is 0 Å². The van der Waals surface area contributed by atoms with E-state index in [-0.39, 0.29) is 5.41 Å². The van der Waals surface area contributed by atoms with Gasteiger partial charge in [0.25, 0.3) is 0 Å². The van der Waals surface area contributed by atoms with Crippen molar-refractivity contribution in [3.8, 4) is 22.3 Å². The number of benzene rings is 4. The predicted octanol–water partition coefficient (Wildman–Crippen LogP) is 7.34. The normalized spacial score (nSPS) is 14.6. The molecule has 0 bridgehead atoms. The van der Waals surface area contributed by atoms with E-state index in [0.29, 0.717) is 0 Å². The van der Waals surface area contributed by atoms with Gasteiger partial charge in [-0.3, -0.25) is 0 Å². The van der Waals surface area contributed by atoms with Gasteiger partial charge < -0.3 is 0 Å². The Morgan fingerprint density at radius 3 is 1.33 bits per heavy atom. The summed E-state index contributed by atoms with van der Waals surface area (Å²) in [5, 5.41) is 1.52. The average molecular weight is 385 g/mol. The molecule has 2 aliphatic carbocycles. The van der Waals surface area contributed by atoms with E-state index < -0.39 is 0 Å². The molecule has 27 heavy (non-hydrogen) atoms. The van der Waals surface area contributed by atoms with Crippen LogP contribution in [0.3, 0.4) is 0 Å². The van der Waals surface area contributed by atoms with Crippen LogP contribution in [0.1, 0.15) is 22.3 Å². The maximum atomic E-state index is 6.49. The van der Waals surface area contributed by atoms with Crippen molar-refractivity contribution in [1.29, 1.82) is 0 Å². The van der Waals surface area contributed by atoms with Gasteiger partial charge in [-0.25, -0.2) is 0 Å². The fourth-order valence-electron chi connectivity index (χ4n) is 5.08. The van der Waals surface area contributed by atoms with Crippen LogP contribution in [0.25, 0.3) is 22.3 Å². The first-order chi connectivity index (χ1) is 13.2. The van der Waals surface area contributed by atoms with E-state index >= 15 is 0 Å². The minimum atomic E-state index is -0.367. The molecule has 0 nitrogen and oxygen atoms in total. The number of hydrogen-bond acceptors (Lipinski definition) is 0. The SMILES string of the molecule is Clc1ccc2c(c1)C1(c3ccccc3-c3ccccc31)c1cc(Cl)ccc1-2. The van der Waals surface area contributed by atoms with Gasteiger partial charge in [-0.05, 0) is 68.8 Å². The highest BCUT2D eigenvalue weighted by molar-refractivity contribution is 6.31. The molecule has 128 valence electrons. The lowest BCUT2D eigenvalue weighted by molar-refractivity contribution is 0.794. The maximum Gasteiger partial charge on any atom is 0.0726 e. The van der Waals surface area contributed by atoms with Gasteiger partial charge in [0.2, 0.25) is 0 Å². The molecule has 0 atom stereocenters. The molecule has 0 saturated heterocycles. The van der Waals surface area contributed by atoms with E-state index in [1.165, 1.54) is 44.5 Å². The van der Waals surface area contributed by atoms with Crippen LogP contribution >= 0.6 is 23.2 Å². The average Bonchev–Trinajstić information content (AvgIpc) is 3.14. The van der Waals surface area contributed by atoms with E-state index in [2.05, 4.69) is 72.8 Å². The Balaban J connectivity index is 1.88. The predicted molar refractivity (Wildman–Crippen MR) is 113 cm³/mol. The van der Waals surface area contributed by atoms with E-state index in [0.717, 1.165) is 10.0 Å². The summed E-state index contributed by atoms with van der Waals surface area (Å²) in [5.41, 5.74) is 9.75. The van der Waals surface area contributed by atoms with Gasteiger partial charge in [0.15, 0.2) is 0 Å². The highest BCUT2D eigenvalue weighted by Gasteiger charge is 2.51. The third-order valence-corrected chi connectivity index (χ3v) is 6.48. The number of fused-ring (bicyclic) bond motifs is 10. The van der Waals surface area contributed by atoms with Gasteiger partial charge in [-0.15, -0.1) is 0 Å². The van der Waals surface area contributed by atoms with E-state index in [1.54, 1.807) is 0 Å². The molecular formula is C25H14Cl2. The highest BCUT2D eigenvalue weighted by atomic mass is 35.5. The zero-order chi connectivity index (χ0) is 18.2. The number of hydrogen-bond donors (Lipinski definition) is 0. The van der Waals surface area contributed by atoms with Crippen LogP contribution in [0.4, 0.5) is 0 Å². The Morgan fingerprint density at radius 1 is 0.444 bits per heavy atom. The lowest BCUT2D eigenvalue weighted by Crippen LogP contribution is -2.25. The molecule has 0 radical (unpaired) electrons. The standard InChI is InChI=1S/C25H14Cl2/c26-15-9-11-19-20-12-10-16(27)14-24(20)25(23(19)13-15)21-7-3-1-5-17(21)18-6-2-4-8-22(18)25/h1-14H. The van der Waals surface area contributed by atoms with Crippen molar-refractivity contribution >= 4 is 23.2 Å². The minimum Gasteiger partial charge on any atom is -0.0843 e. The van der Waals surface area contributed by atoms with Crippen molar-refractivity contribution in [2.75, 3.05) is 0 Å². The van der Waals surface area contributed by atoms with E-state index in [4.69, 9.17) is 23.2 Å². The lowest BCUT2D eigenvalue weighted by atomic mass is 9.70. The van der Waals surface area contributed by atoms with Crippen LogP contribution < -0.4 is 0 Å². The second-order valence-electron chi connectivity index (χ2n) is 7.22. The minimum absolute atomic E-state index is 0.367. The summed E-state index contributed by atoms with van der Waals surface area (Å²) >= 11 is 13.0. The molecular weight excluding hydrogens is 371 g/mol. The quantitative estimate of drug-likeness (QED) is 0.257. The van der Waals surface area contributed by atoms with Gasteiger partial charge in [0.05, 0.1) is 5.41 Å². The van der Waals surface area contributed by atoms with Gasteiger partial charge >= 0.3 is 0 Å². The summed E-state index contributed by atoms with van der Waals surface area (Å²) in [5.74, 6) is 0. The molecule has 0 amide bonds. The summed E-state index contributed by atoms with van der Waals surface area (Å²) in [7, 11) is 0. The third-order valence-electron chi connectivity index (χ3n) is 6.01. The second kappa shape index (κ2) is 5.25. The summed E-state index contributed by atoms with van der Waals surface area (Å²) in [6, 6.07) is 29.9. The van der Waals surface area contributed by atoms with Crippen molar-refractivity contribution in [2.45, 2.75) is 5.41 Å². The monoisotopic (exact) mass is 384 g/mol. The molecule has 0 fully saturated rings. The van der Waals surface area contributed by atoms with Crippen molar-refractivity contribution in [3.05, 3.63) is 117 Å². The molecule has 0 heterocycles. The molecule has 4 aromatic rings. The first-order valence-electron chi connectivity index (χ1n) is 9.01. The molecule has 4 aromatic carbocycles. The molecule has 0 aromatic heterocycles. The van der Waals surface area contributed by atoms with Gasteiger partial charge in [0, 0.05) is 10.0 Å². The molecule has 0 unspecified atom stereocenters. The molecule has 0 N–H and O–H groups in total. The highest BCUT2D eigenvalue weighted by Crippen LogP contribution is 2.63. The number of halogens is 2. The van der Waals surface area contributed by atoms with Crippen molar-refractivity contribution in [2.24, 2.45) is 0 Å². The zero-order valence-electron chi connectivity index (χ0n) is 14.3. The summed E-state index contributed by atoms with van der Waals surface area (Å²) in [4.78, 5) is 0. The van der Waals surface area contributed by atoms with Crippen LogP contribution in [0.15, 0.2) is 84.9 Å². The summed E-state index contributed by atoms with van der Waals surface area (Å²) in [6.45, 7) is 0. The van der Waals surface area contributed by atoms with Crippen LogP contribution in [0.5, 0.6) is 0 Å². The van der Waals surface area contributed by atoms with Crippen LogP contribution in [-0.2, 0) is 5.41 Å². The van der Waals surface area contributed by atoms with Gasteiger partial charge in [0.1, 0.15) is 0 Å². The van der Waals surface area contributed by atoms with Gasteiger partial charge in [-0.1, -0.05) is 83.9 Å². The Hall–Kier alpha value is -2.54. The molecule has 6 rings (SSSR count).